The van der Waals surface area contributed by atoms with E-state index in [9.17, 15) is 34.8 Å². The maximum atomic E-state index is 13.2. The van der Waals surface area contributed by atoms with Gasteiger partial charge < -0.3 is 9.08 Å². The number of aryl methyl sites for hydroxylation is 1. The molecule has 2 aromatic rings. The second-order valence-corrected chi connectivity index (χ2v) is 10.2. The molecular weight excluding hydrogens is 461 g/mol. The molecule has 0 spiro atoms. The molecule has 1 heterocycles. The minimum absolute atomic E-state index is 0.0132. The lowest BCUT2D eigenvalue weighted by Gasteiger charge is -2.21. The Labute approximate surface area is 177 Å². The Kier molecular flexibility index (Phi) is 5.69. The monoisotopic (exact) mass is 478 g/mol. The van der Waals surface area contributed by atoms with E-state index < -0.39 is 42.9 Å². The molecule has 0 N–H and O–H groups in total. The third kappa shape index (κ3) is 4.19. The number of alkyl halides is 3. The fraction of sp³-hybridized carbons (Fsp3) is 0.278. The minimum atomic E-state index is -6.09. The summed E-state index contributed by atoms with van der Waals surface area (Å²) in [5, 5.41) is 0. The van der Waals surface area contributed by atoms with E-state index in [0.717, 1.165) is 11.6 Å². The molecule has 2 aromatic carbocycles. The van der Waals surface area contributed by atoms with Crippen LogP contribution in [-0.2, 0) is 20.1 Å². The molecule has 3 rings (SSSR count). The third-order valence-electron chi connectivity index (χ3n) is 4.59. The highest BCUT2D eigenvalue weighted by molar-refractivity contribution is 7.89. The molecule has 8 nitrogen and oxygen atoms in total. The van der Waals surface area contributed by atoms with Crippen molar-refractivity contribution in [3.05, 3.63) is 53.6 Å². The Balaban J connectivity index is 2.14. The predicted octanol–water partition coefficient (Wildman–Crippen LogP) is 2.50. The highest BCUT2D eigenvalue weighted by Gasteiger charge is 2.49. The van der Waals surface area contributed by atoms with Crippen LogP contribution in [-0.4, -0.2) is 52.7 Å². The summed E-state index contributed by atoms with van der Waals surface area (Å²) in [7, 11) is -8.98. The van der Waals surface area contributed by atoms with Gasteiger partial charge in [-0.25, -0.2) is 12.7 Å². The van der Waals surface area contributed by atoms with Crippen LogP contribution in [0, 0.1) is 6.92 Å². The van der Waals surface area contributed by atoms with Gasteiger partial charge in [-0.3, -0.25) is 4.79 Å². The molecule has 0 atom stereocenters. The van der Waals surface area contributed by atoms with Crippen molar-refractivity contribution in [3.63, 3.8) is 0 Å². The second-order valence-electron chi connectivity index (χ2n) is 6.75. The first kappa shape index (κ1) is 22.9. The zero-order valence-corrected chi connectivity index (χ0v) is 17.9. The van der Waals surface area contributed by atoms with E-state index >= 15 is 0 Å². The zero-order chi connectivity index (χ0) is 23.2. The van der Waals surface area contributed by atoms with Crippen LogP contribution in [0.3, 0.4) is 0 Å². The van der Waals surface area contributed by atoms with Gasteiger partial charge >= 0.3 is 15.6 Å². The van der Waals surface area contributed by atoms with Gasteiger partial charge in [-0.15, -0.1) is 0 Å². The lowest BCUT2D eigenvalue weighted by molar-refractivity contribution is -0.0500. The first-order valence-electron chi connectivity index (χ1n) is 8.74. The van der Waals surface area contributed by atoms with Crippen LogP contribution in [0.15, 0.2) is 47.4 Å². The lowest BCUT2D eigenvalue weighted by atomic mass is 10.1. The third-order valence-corrected chi connectivity index (χ3v) is 7.35. The predicted molar refractivity (Wildman–Crippen MR) is 105 cm³/mol. The summed E-state index contributed by atoms with van der Waals surface area (Å²) in [6, 6.07) is 9.06. The van der Waals surface area contributed by atoms with E-state index in [1.165, 1.54) is 48.3 Å². The molecule has 0 unspecified atom stereocenters. The number of hydrogen-bond acceptors (Lipinski definition) is 7. The number of amides is 1. The average molecular weight is 478 g/mol. The topological polar surface area (TPSA) is 101 Å². The van der Waals surface area contributed by atoms with Gasteiger partial charge in [0.1, 0.15) is 5.56 Å². The Bertz CT molecular complexity index is 1230. The lowest BCUT2D eigenvalue weighted by Crippen LogP contribution is -2.39. The van der Waals surface area contributed by atoms with Crippen LogP contribution < -0.4 is 9.08 Å². The number of carbonyl (C=O) groups is 1. The summed E-state index contributed by atoms with van der Waals surface area (Å²) in [5.41, 5.74) is -5.53. The molecule has 0 aliphatic carbocycles. The number of hydrogen-bond donors (Lipinski definition) is 0. The smallest absolute Gasteiger partial charge is 0.375 e. The number of rotatable bonds is 4. The molecule has 1 aliphatic heterocycles. The summed E-state index contributed by atoms with van der Waals surface area (Å²) in [6.45, 7) is 1.44. The molecule has 0 bridgehead atoms. The van der Waals surface area contributed by atoms with Gasteiger partial charge in [-0.05, 0) is 31.2 Å². The fourth-order valence-corrected chi connectivity index (χ4v) is 4.78. The van der Waals surface area contributed by atoms with Crippen molar-refractivity contribution in [1.29, 1.82) is 0 Å². The van der Waals surface area contributed by atoms with E-state index in [0.29, 0.717) is 4.31 Å². The van der Waals surface area contributed by atoms with Crippen LogP contribution in [0.5, 0.6) is 5.75 Å². The van der Waals surface area contributed by atoms with E-state index in [-0.39, 0.29) is 23.7 Å². The fourth-order valence-electron chi connectivity index (χ4n) is 2.94. The van der Waals surface area contributed by atoms with E-state index in [1.807, 2.05) is 0 Å². The van der Waals surface area contributed by atoms with Crippen molar-refractivity contribution >= 4 is 31.7 Å². The largest absolute Gasteiger partial charge is 0.534 e. The number of sulfonamides is 1. The van der Waals surface area contributed by atoms with Gasteiger partial charge in [0.2, 0.25) is 0 Å². The highest BCUT2D eigenvalue weighted by Crippen LogP contribution is 2.36. The Hall–Kier alpha value is -2.80. The first-order chi connectivity index (χ1) is 14.3. The molecule has 1 aliphatic rings. The van der Waals surface area contributed by atoms with Gasteiger partial charge in [-0.2, -0.15) is 21.6 Å². The molecule has 0 aromatic heterocycles. The molecule has 168 valence electrons. The second kappa shape index (κ2) is 7.71. The van der Waals surface area contributed by atoms with Crippen molar-refractivity contribution in [2.75, 3.05) is 25.0 Å². The summed E-state index contributed by atoms with van der Waals surface area (Å²) >= 11 is 0. The average Bonchev–Trinajstić information content (AvgIpc) is 2.79. The number of fused-ring (bicyclic) bond motifs is 1. The van der Waals surface area contributed by atoms with E-state index in [2.05, 4.69) is 4.18 Å². The Morgan fingerprint density at radius 1 is 0.968 bits per heavy atom. The Morgan fingerprint density at radius 2 is 1.58 bits per heavy atom. The number of benzene rings is 2. The van der Waals surface area contributed by atoms with Gasteiger partial charge in [0.25, 0.3) is 15.9 Å². The van der Waals surface area contributed by atoms with Gasteiger partial charge in [-0.1, -0.05) is 23.8 Å². The van der Waals surface area contributed by atoms with Gasteiger partial charge in [0.05, 0.1) is 17.1 Å². The quantitative estimate of drug-likeness (QED) is 0.492. The number of carbonyl (C=O) groups excluding carboxylic acids is 1. The standard InChI is InChI=1S/C18H17F3N2O6S2/c1-12-6-8-13(9-7-12)30(25,26)23-11-10-22(2)14-4-3-5-15(16(14)17(23)24)29-31(27,28)18(19,20)21/h3-9H,10-11H2,1-2H3. The van der Waals surface area contributed by atoms with Crippen molar-refractivity contribution in [3.8, 4) is 5.75 Å². The molecule has 13 heteroatoms. The molecule has 0 radical (unpaired) electrons. The van der Waals surface area contributed by atoms with Gasteiger partial charge in [0, 0.05) is 13.6 Å². The summed E-state index contributed by atoms with van der Waals surface area (Å²) in [6.07, 6.45) is 0. The summed E-state index contributed by atoms with van der Waals surface area (Å²) < 4.78 is 92.3. The number of halogens is 3. The van der Waals surface area contributed by atoms with E-state index in [1.54, 1.807) is 6.92 Å². The molecular formula is C18H17F3N2O6S2. The van der Waals surface area contributed by atoms with Crippen LogP contribution >= 0.6 is 0 Å². The van der Waals surface area contributed by atoms with Gasteiger partial charge in [0.15, 0.2) is 5.75 Å². The normalized spacial score (nSPS) is 15.5. The molecule has 0 fully saturated rings. The zero-order valence-electron chi connectivity index (χ0n) is 16.2. The van der Waals surface area contributed by atoms with Crippen molar-refractivity contribution in [1.82, 2.24) is 4.31 Å². The van der Waals surface area contributed by atoms with Crippen LogP contribution in [0.4, 0.5) is 18.9 Å². The molecule has 31 heavy (non-hydrogen) atoms. The minimum Gasteiger partial charge on any atom is -0.375 e. The maximum Gasteiger partial charge on any atom is 0.534 e. The SMILES string of the molecule is Cc1ccc(S(=O)(=O)N2CCN(C)c3cccc(OS(=O)(=O)C(F)(F)F)c3C2=O)cc1. The molecule has 0 saturated carbocycles. The molecule has 1 amide bonds. The Morgan fingerprint density at radius 3 is 2.16 bits per heavy atom. The summed E-state index contributed by atoms with van der Waals surface area (Å²) in [5.74, 6) is -2.12. The number of anilines is 1. The van der Waals surface area contributed by atoms with Crippen molar-refractivity contribution < 1.29 is 39.0 Å². The van der Waals surface area contributed by atoms with E-state index in [4.69, 9.17) is 0 Å². The van der Waals surface area contributed by atoms with Crippen LogP contribution in [0.25, 0.3) is 0 Å². The number of nitrogens with zero attached hydrogens (tertiary/aromatic N) is 2. The maximum absolute atomic E-state index is 13.2. The molecule has 0 saturated heterocycles. The van der Waals surface area contributed by atoms with Crippen LogP contribution in [0.2, 0.25) is 0 Å². The number of likely N-dealkylation sites (N-methyl/N-ethyl adjacent to an activating group) is 1. The highest BCUT2D eigenvalue weighted by atomic mass is 32.2. The van der Waals surface area contributed by atoms with Crippen molar-refractivity contribution in [2.45, 2.75) is 17.3 Å². The summed E-state index contributed by atoms with van der Waals surface area (Å²) in [4.78, 5) is 14.4. The first-order valence-corrected chi connectivity index (χ1v) is 11.6. The van der Waals surface area contributed by atoms with Crippen molar-refractivity contribution in [2.24, 2.45) is 0 Å². The van der Waals surface area contributed by atoms with Crippen LogP contribution in [0.1, 0.15) is 15.9 Å².